The molecule has 1 aromatic heterocycles. The van der Waals surface area contributed by atoms with Crippen LogP contribution in [0, 0.1) is 0 Å². The molecule has 130 valence electrons. The minimum Gasteiger partial charge on any atom is -0.343 e. The van der Waals surface area contributed by atoms with Crippen LogP contribution in [0.15, 0.2) is 72.9 Å². The lowest BCUT2D eigenvalue weighted by Gasteiger charge is -2.28. The Morgan fingerprint density at radius 2 is 1.65 bits per heavy atom. The van der Waals surface area contributed by atoms with Gasteiger partial charge in [0.2, 0.25) is 0 Å². The van der Waals surface area contributed by atoms with E-state index in [4.69, 9.17) is 0 Å². The Morgan fingerprint density at radius 1 is 0.923 bits per heavy atom. The molecule has 0 radical (unpaired) electrons. The lowest BCUT2D eigenvalue weighted by Crippen LogP contribution is -2.36. The highest BCUT2D eigenvalue weighted by Gasteiger charge is 2.22. The highest BCUT2D eigenvalue weighted by Crippen LogP contribution is 2.23. The quantitative estimate of drug-likeness (QED) is 0.720. The number of aromatic nitrogens is 1. The smallest absolute Gasteiger partial charge is 0.272 e. The van der Waals surface area contributed by atoms with Crippen molar-refractivity contribution < 1.29 is 4.79 Å². The molecule has 1 aliphatic rings. The summed E-state index contributed by atoms with van der Waals surface area (Å²) in [6.07, 6.45) is 2.66. The van der Waals surface area contributed by atoms with Gasteiger partial charge < -0.3 is 9.80 Å². The number of nitrogens with zero attached hydrogens (tertiary/aromatic N) is 3. The topological polar surface area (TPSA) is 36.4 Å². The summed E-state index contributed by atoms with van der Waals surface area (Å²) in [4.78, 5) is 21.2. The van der Waals surface area contributed by atoms with Crippen LogP contribution in [0.25, 0.3) is 0 Å². The van der Waals surface area contributed by atoms with Crippen LogP contribution in [-0.4, -0.2) is 29.4 Å². The van der Waals surface area contributed by atoms with Crippen molar-refractivity contribution in [3.05, 3.63) is 89.7 Å². The van der Waals surface area contributed by atoms with Gasteiger partial charge in [-0.25, -0.2) is 4.98 Å². The number of hydrogen-bond donors (Lipinski definition) is 0. The molecule has 0 N–H and O–H groups in total. The van der Waals surface area contributed by atoms with Crippen molar-refractivity contribution in [2.24, 2.45) is 0 Å². The highest BCUT2D eigenvalue weighted by molar-refractivity contribution is 5.92. The van der Waals surface area contributed by atoms with Gasteiger partial charge >= 0.3 is 0 Å². The van der Waals surface area contributed by atoms with Crippen LogP contribution < -0.4 is 4.90 Å². The summed E-state index contributed by atoms with van der Waals surface area (Å²) < 4.78 is 0. The summed E-state index contributed by atoms with van der Waals surface area (Å²) in [5.41, 5.74) is 5.10. The molecule has 0 saturated heterocycles. The first-order valence-electron chi connectivity index (χ1n) is 8.83. The lowest BCUT2D eigenvalue weighted by molar-refractivity contribution is 0.0729. The molecule has 0 bridgehead atoms. The van der Waals surface area contributed by atoms with Crippen LogP contribution >= 0.6 is 0 Å². The molecule has 0 spiro atoms. The maximum absolute atomic E-state index is 12.8. The standard InChI is InChI=1S/C22H21N3O/c1-24(19-9-3-2-4-10-19)20-11-12-21(23-15-20)22(26)25-14-13-17-7-5-6-8-18(17)16-25/h2-12,15H,13-14,16H2,1H3. The minimum atomic E-state index is -0.00610. The summed E-state index contributed by atoms with van der Waals surface area (Å²) in [7, 11) is 2.00. The summed E-state index contributed by atoms with van der Waals surface area (Å²) in [5, 5.41) is 0. The van der Waals surface area contributed by atoms with Gasteiger partial charge in [0.05, 0.1) is 11.9 Å². The van der Waals surface area contributed by atoms with E-state index < -0.39 is 0 Å². The van der Waals surface area contributed by atoms with Gasteiger partial charge in [0.15, 0.2) is 0 Å². The second kappa shape index (κ2) is 7.00. The van der Waals surface area contributed by atoms with Crippen molar-refractivity contribution in [2.45, 2.75) is 13.0 Å². The van der Waals surface area contributed by atoms with Crippen LogP contribution in [0.3, 0.4) is 0 Å². The number of carbonyl (C=O) groups is 1. The third-order valence-corrected chi connectivity index (χ3v) is 4.92. The summed E-state index contributed by atoms with van der Waals surface area (Å²) in [6.45, 7) is 1.39. The first kappa shape index (κ1) is 16.3. The molecule has 0 saturated carbocycles. The number of pyridine rings is 1. The number of benzene rings is 2. The van der Waals surface area contributed by atoms with Crippen LogP contribution in [-0.2, 0) is 13.0 Å². The summed E-state index contributed by atoms with van der Waals surface area (Å²) in [5.74, 6) is -0.00610. The third kappa shape index (κ3) is 3.18. The van der Waals surface area contributed by atoms with E-state index in [-0.39, 0.29) is 5.91 Å². The lowest BCUT2D eigenvalue weighted by atomic mass is 10.00. The fourth-order valence-electron chi connectivity index (χ4n) is 3.34. The van der Waals surface area contributed by atoms with Crippen LogP contribution in [0.4, 0.5) is 11.4 Å². The van der Waals surface area contributed by atoms with Crippen molar-refractivity contribution in [3.8, 4) is 0 Å². The Bertz CT molecular complexity index is 906. The Hall–Kier alpha value is -3.14. The minimum absolute atomic E-state index is 0.00610. The zero-order valence-corrected chi connectivity index (χ0v) is 14.8. The Morgan fingerprint density at radius 3 is 2.38 bits per heavy atom. The second-order valence-corrected chi connectivity index (χ2v) is 6.54. The molecule has 0 aliphatic carbocycles. The van der Waals surface area contributed by atoms with Crippen LogP contribution in [0.5, 0.6) is 0 Å². The molecular formula is C22H21N3O. The summed E-state index contributed by atoms with van der Waals surface area (Å²) in [6, 6.07) is 22.2. The molecule has 4 nitrogen and oxygen atoms in total. The Kier molecular flexibility index (Phi) is 4.40. The van der Waals surface area contributed by atoms with E-state index in [0.29, 0.717) is 12.2 Å². The first-order chi connectivity index (χ1) is 12.7. The fraction of sp³-hybridized carbons (Fsp3) is 0.182. The van der Waals surface area contributed by atoms with Gasteiger partial charge in [-0.3, -0.25) is 4.79 Å². The molecule has 1 aliphatic heterocycles. The first-order valence-corrected chi connectivity index (χ1v) is 8.83. The number of fused-ring (bicyclic) bond motifs is 1. The van der Waals surface area contributed by atoms with Gasteiger partial charge in [-0.15, -0.1) is 0 Å². The van der Waals surface area contributed by atoms with Crippen molar-refractivity contribution in [2.75, 3.05) is 18.5 Å². The van der Waals surface area contributed by atoms with E-state index in [1.807, 2.05) is 60.5 Å². The zero-order chi connectivity index (χ0) is 17.9. The molecular weight excluding hydrogens is 322 g/mol. The molecule has 0 unspecified atom stereocenters. The SMILES string of the molecule is CN(c1ccccc1)c1ccc(C(=O)N2CCc3ccccc3C2)nc1. The maximum atomic E-state index is 12.8. The van der Waals surface area contributed by atoms with Crippen LogP contribution in [0.1, 0.15) is 21.6 Å². The highest BCUT2D eigenvalue weighted by atomic mass is 16.2. The molecule has 0 atom stereocenters. The van der Waals surface area contributed by atoms with E-state index >= 15 is 0 Å². The molecule has 4 rings (SSSR count). The molecule has 3 aromatic rings. The van der Waals surface area contributed by atoms with Crippen molar-refractivity contribution >= 4 is 17.3 Å². The van der Waals surface area contributed by atoms with Crippen molar-refractivity contribution in [1.82, 2.24) is 9.88 Å². The van der Waals surface area contributed by atoms with Gasteiger partial charge in [-0.2, -0.15) is 0 Å². The number of carbonyl (C=O) groups excluding carboxylic acids is 1. The number of para-hydroxylation sites is 1. The van der Waals surface area contributed by atoms with Crippen molar-refractivity contribution in [3.63, 3.8) is 0 Å². The number of hydrogen-bond acceptors (Lipinski definition) is 3. The average Bonchev–Trinajstić information content (AvgIpc) is 2.73. The van der Waals surface area contributed by atoms with Crippen molar-refractivity contribution in [1.29, 1.82) is 0 Å². The van der Waals surface area contributed by atoms with Gasteiger partial charge in [-0.05, 0) is 41.8 Å². The van der Waals surface area contributed by atoms with Gasteiger partial charge in [0.1, 0.15) is 5.69 Å². The monoisotopic (exact) mass is 343 g/mol. The summed E-state index contributed by atoms with van der Waals surface area (Å²) >= 11 is 0. The predicted molar refractivity (Wildman–Crippen MR) is 104 cm³/mol. The molecule has 1 amide bonds. The van der Waals surface area contributed by atoms with Gasteiger partial charge in [0, 0.05) is 25.8 Å². The fourth-order valence-corrected chi connectivity index (χ4v) is 3.34. The van der Waals surface area contributed by atoms with E-state index in [1.165, 1.54) is 11.1 Å². The third-order valence-electron chi connectivity index (χ3n) is 4.92. The van der Waals surface area contributed by atoms with Gasteiger partial charge in [0.25, 0.3) is 5.91 Å². The largest absolute Gasteiger partial charge is 0.343 e. The van der Waals surface area contributed by atoms with Crippen LogP contribution in [0.2, 0.25) is 0 Å². The molecule has 4 heteroatoms. The van der Waals surface area contributed by atoms with E-state index in [0.717, 1.165) is 24.3 Å². The maximum Gasteiger partial charge on any atom is 0.272 e. The zero-order valence-electron chi connectivity index (χ0n) is 14.8. The molecule has 26 heavy (non-hydrogen) atoms. The molecule has 2 aromatic carbocycles. The van der Waals surface area contributed by atoms with E-state index in [9.17, 15) is 4.79 Å². The van der Waals surface area contributed by atoms with E-state index in [1.54, 1.807) is 6.20 Å². The van der Waals surface area contributed by atoms with Gasteiger partial charge in [-0.1, -0.05) is 42.5 Å². The number of anilines is 2. The Labute approximate surface area is 153 Å². The number of amides is 1. The second-order valence-electron chi connectivity index (χ2n) is 6.54. The average molecular weight is 343 g/mol. The Balaban J connectivity index is 1.50. The van der Waals surface area contributed by atoms with E-state index in [2.05, 4.69) is 28.1 Å². The molecule has 2 heterocycles. The molecule has 0 fully saturated rings. The number of rotatable bonds is 3. The normalized spacial score (nSPS) is 13.2. The predicted octanol–water partition coefficient (Wildman–Crippen LogP) is 4.05.